The van der Waals surface area contributed by atoms with E-state index < -0.39 is 0 Å². The Balaban J connectivity index is 1.99. The van der Waals surface area contributed by atoms with E-state index in [2.05, 4.69) is 34.0 Å². The lowest BCUT2D eigenvalue weighted by Crippen LogP contribution is -2.32. The van der Waals surface area contributed by atoms with Crippen LogP contribution in [0.1, 0.15) is 55.6 Å². The van der Waals surface area contributed by atoms with Crippen LogP contribution >= 0.6 is 0 Å². The van der Waals surface area contributed by atoms with Gasteiger partial charge in [-0.25, -0.2) is 9.97 Å². The topological polar surface area (TPSA) is 58.1 Å². The molecule has 1 aromatic heterocycles. The lowest BCUT2D eigenvalue weighted by Gasteiger charge is -2.26. The van der Waals surface area contributed by atoms with Crippen LogP contribution in [0.3, 0.4) is 0 Å². The molecule has 2 heterocycles. The number of nitrogens with zero attached hydrogens (tertiary/aromatic N) is 3. The van der Waals surface area contributed by atoms with Gasteiger partial charge >= 0.3 is 0 Å². The van der Waals surface area contributed by atoms with Gasteiger partial charge in [0.25, 0.3) is 5.91 Å². The lowest BCUT2D eigenvalue weighted by atomic mass is 10.1. The second-order valence-electron chi connectivity index (χ2n) is 6.16. The van der Waals surface area contributed by atoms with Gasteiger partial charge in [-0.3, -0.25) is 4.79 Å². The Morgan fingerprint density at radius 3 is 2.67 bits per heavy atom. The molecule has 1 fully saturated rings. The molecular weight excluding hydrogens is 264 g/mol. The molecule has 0 aliphatic carbocycles. The fourth-order valence-corrected chi connectivity index (χ4v) is 2.49. The number of hydrogen-bond acceptors (Lipinski definition) is 4. The largest absolute Gasteiger partial charge is 0.352 e. The van der Waals surface area contributed by atoms with Gasteiger partial charge in [0.15, 0.2) is 0 Å². The maximum Gasteiger partial charge on any atom is 0.254 e. The van der Waals surface area contributed by atoms with Crippen LogP contribution < -0.4 is 10.2 Å². The Hall–Kier alpha value is -1.65. The van der Waals surface area contributed by atoms with Crippen LogP contribution in [-0.4, -0.2) is 35.5 Å². The predicted molar refractivity (Wildman–Crippen MR) is 84.6 cm³/mol. The van der Waals surface area contributed by atoms with E-state index in [1.54, 1.807) is 6.20 Å². The van der Waals surface area contributed by atoms with Crippen molar-refractivity contribution >= 4 is 11.9 Å². The molecule has 21 heavy (non-hydrogen) atoms. The standard InChI is InChI=1S/C16H26N4O/c1-12(2)7-8-17-15(21)14-11-18-16(19-13(14)3)20-9-5-4-6-10-20/h11-12H,4-10H2,1-3H3,(H,17,21). The quantitative estimate of drug-likeness (QED) is 0.905. The van der Waals surface area contributed by atoms with E-state index in [9.17, 15) is 4.79 Å². The summed E-state index contributed by atoms with van der Waals surface area (Å²) >= 11 is 0. The molecular formula is C16H26N4O. The summed E-state index contributed by atoms with van der Waals surface area (Å²) < 4.78 is 0. The number of carbonyl (C=O) groups is 1. The molecule has 0 radical (unpaired) electrons. The van der Waals surface area contributed by atoms with Crippen molar-refractivity contribution in [3.05, 3.63) is 17.5 Å². The van der Waals surface area contributed by atoms with Gasteiger partial charge in [0, 0.05) is 25.8 Å². The summed E-state index contributed by atoms with van der Waals surface area (Å²) in [6.07, 6.45) is 6.32. The minimum absolute atomic E-state index is 0.0710. The summed E-state index contributed by atoms with van der Waals surface area (Å²) in [7, 11) is 0. The van der Waals surface area contributed by atoms with Crippen LogP contribution in [-0.2, 0) is 0 Å². The number of rotatable bonds is 5. The van der Waals surface area contributed by atoms with E-state index in [1.165, 1.54) is 19.3 Å². The Kier molecular flexibility index (Phi) is 5.53. The zero-order valence-electron chi connectivity index (χ0n) is 13.4. The highest BCUT2D eigenvalue weighted by molar-refractivity contribution is 5.94. The Morgan fingerprint density at radius 1 is 1.33 bits per heavy atom. The second-order valence-corrected chi connectivity index (χ2v) is 6.16. The highest BCUT2D eigenvalue weighted by atomic mass is 16.1. The van der Waals surface area contributed by atoms with Crippen molar-refractivity contribution in [3.63, 3.8) is 0 Å². The van der Waals surface area contributed by atoms with Crippen LogP contribution in [0, 0.1) is 12.8 Å². The van der Waals surface area contributed by atoms with Crippen molar-refractivity contribution in [2.75, 3.05) is 24.5 Å². The van der Waals surface area contributed by atoms with Crippen molar-refractivity contribution in [1.82, 2.24) is 15.3 Å². The molecule has 0 atom stereocenters. The molecule has 1 aliphatic rings. The average molecular weight is 290 g/mol. The first-order chi connectivity index (χ1) is 10.1. The van der Waals surface area contributed by atoms with E-state index >= 15 is 0 Å². The SMILES string of the molecule is Cc1nc(N2CCCCC2)ncc1C(=O)NCCC(C)C. The summed E-state index contributed by atoms with van der Waals surface area (Å²) in [5.74, 6) is 1.27. The van der Waals surface area contributed by atoms with Crippen molar-refractivity contribution in [2.45, 2.75) is 46.5 Å². The molecule has 1 N–H and O–H groups in total. The molecule has 5 nitrogen and oxygen atoms in total. The number of amides is 1. The van der Waals surface area contributed by atoms with Gasteiger partial charge in [-0.1, -0.05) is 13.8 Å². The number of anilines is 1. The van der Waals surface area contributed by atoms with E-state index in [0.29, 0.717) is 18.0 Å². The third-order valence-corrected chi connectivity index (χ3v) is 3.86. The van der Waals surface area contributed by atoms with Crippen molar-refractivity contribution in [3.8, 4) is 0 Å². The van der Waals surface area contributed by atoms with Gasteiger partial charge < -0.3 is 10.2 Å². The minimum atomic E-state index is -0.0710. The first kappa shape index (κ1) is 15.7. The number of aryl methyl sites for hydroxylation is 1. The molecule has 1 amide bonds. The van der Waals surface area contributed by atoms with Crippen LogP contribution in [0.4, 0.5) is 5.95 Å². The average Bonchev–Trinajstić information content (AvgIpc) is 2.47. The van der Waals surface area contributed by atoms with Crippen molar-refractivity contribution in [2.24, 2.45) is 5.92 Å². The molecule has 0 bridgehead atoms. The molecule has 0 spiro atoms. The van der Waals surface area contributed by atoms with E-state index in [0.717, 1.165) is 31.2 Å². The van der Waals surface area contributed by atoms with Crippen LogP contribution in [0.15, 0.2) is 6.20 Å². The third kappa shape index (κ3) is 4.41. The third-order valence-electron chi connectivity index (χ3n) is 3.86. The molecule has 1 aliphatic heterocycles. The smallest absolute Gasteiger partial charge is 0.254 e. The number of hydrogen-bond donors (Lipinski definition) is 1. The van der Waals surface area contributed by atoms with Crippen LogP contribution in [0.25, 0.3) is 0 Å². The normalized spacial score (nSPS) is 15.3. The Labute approximate surface area is 127 Å². The zero-order valence-corrected chi connectivity index (χ0v) is 13.4. The second kappa shape index (κ2) is 7.38. The highest BCUT2D eigenvalue weighted by Gasteiger charge is 2.16. The molecule has 2 rings (SSSR count). The molecule has 1 aromatic rings. The van der Waals surface area contributed by atoms with E-state index in [-0.39, 0.29) is 5.91 Å². The summed E-state index contributed by atoms with van der Waals surface area (Å²) in [4.78, 5) is 23.2. The van der Waals surface area contributed by atoms with Gasteiger partial charge in [-0.05, 0) is 38.5 Å². The van der Waals surface area contributed by atoms with Gasteiger partial charge in [-0.2, -0.15) is 0 Å². The summed E-state index contributed by atoms with van der Waals surface area (Å²) in [6, 6.07) is 0. The van der Waals surface area contributed by atoms with Gasteiger partial charge in [-0.15, -0.1) is 0 Å². The molecule has 5 heteroatoms. The Morgan fingerprint density at radius 2 is 2.05 bits per heavy atom. The van der Waals surface area contributed by atoms with Gasteiger partial charge in [0.1, 0.15) is 0 Å². The lowest BCUT2D eigenvalue weighted by molar-refractivity contribution is 0.0950. The fourth-order valence-electron chi connectivity index (χ4n) is 2.49. The van der Waals surface area contributed by atoms with Gasteiger partial charge in [0.2, 0.25) is 5.95 Å². The Bertz CT molecular complexity index is 481. The van der Waals surface area contributed by atoms with Gasteiger partial charge in [0.05, 0.1) is 11.3 Å². The van der Waals surface area contributed by atoms with Crippen molar-refractivity contribution < 1.29 is 4.79 Å². The number of nitrogens with one attached hydrogen (secondary N) is 1. The summed E-state index contributed by atoms with van der Waals surface area (Å²) in [5.41, 5.74) is 1.34. The zero-order chi connectivity index (χ0) is 15.2. The summed E-state index contributed by atoms with van der Waals surface area (Å²) in [6.45, 7) is 8.90. The maximum absolute atomic E-state index is 12.1. The maximum atomic E-state index is 12.1. The van der Waals surface area contributed by atoms with Crippen molar-refractivity contribution in [1.29, 1.82) is 0 Å². The number of carbonyl (C=O) groups excluding carboxylic acids is 1. The molecule has 0 unspecified atom stereocenters. The molecule has 1 saturated heterocycles. The van der Waals surface area contributed by atoms with Crippen LogP contribution in [0.2, 0.25) is 0 Å². The minimum Gasteiger partial charge on any atom is -0.352 e. The number of aromatic nitrogens is 2. The molecule has 0 saturated carbocycles. The van der Waals surface area contributed by atoms with Crippen LogP contribution in [0.5, 0.6) is 0 Å². The number of piperidine rings is 1. The van der Waals surface area contributed by atoms with E-state index in [4.69, 9.17) is 0 Å². The monoisotopic (exact) mass is 290 g/mol. The fraction of sp³-hybridized carbons (Fsp3) is 0.688. The first-order valence-corrected chi connectivity index (χ1v) is 7.94. The predicted octanol–water partition coefficient (Wildman–Crippen LogP) is 2.55. The highest BCUT2D eigenvalue weighted by Crippen LogP contribution is 2.16. The summed E-state index contributed by atoms with van der Waals surface area (Å²) in [5, 5.41) is 2.94. The van der Waals surface area contributed by atoms with E-state index in [1.807, 2.05) is 6.92 Å². The molecule has 0 aromatic carbocycles. The first-order valence-electron chi connectivity index (χ1n) is 7.94. The molecule has 116 valence electrons.